The third-order valence-corrected chi connectivity index (χ3v) is 6.16. The SMILES string of the molecule is Cl.O=C(CCNS(=O)(=O)c1ccc2c(c1)CCCC2)NC1CCNC1. The van der Waals surface area contributed by atoms with Crippen LogP contribution in [-0.4, -0.2) is 40.0 Å². The molecule has 140 valence electrons. The van der Waals surface area contributed by atoms with Gasteiger partial charge in [-0.05, 0) is 61.9 Å². The highest BCUT2D eigenvalue weighted by atomic mass is 35.5. The van der Waals surface area contributed by atoms with Crippen LogP contribution in [0.1, 0.15) is 36.8 Å². The number of benzene rings is 1. The van der Waals surface area contributed by atoms with E-state index in [1.165, 1.54) is 12.0 Å². The summed E-state index contributed by atoms with van der Waals surface area (Å²) in [4.78, 5) is 12.1. The molecule has 1 aliphatic heterocycles. The van der Waals surface area contributed by atoms with Gasteiger partial charge in [0.15, 0.2) is 0 Å². The normalized spacial score (nSPS) is 19.8. The van der Waals surface area contributed by atoms with Gasteiger partial charge in [0.25, 0.3) is 0 Å². The van der Waals surface area contributed by atoms with E-state index >= 15 is 0 Å². The fourth-order valence-corrected chi connectivity index (χ4v) is 4.42. The summed E-state index contributed by atoms with van der Waals surface area (Å²) in [6.45, 7) is 1.81. The molecule has 0 radical (unpaired) electrons. The highest BCUT2D eigenvalue weighted by Crippen LogP contribution is 2.23. The van der Waals surface area contributed by atoms with Crippen molar-refractivity contribution in [3.63, 3.8) is 0 Å². The van der Waals surface area contributed by atoms with E-state index in [9.17, 15) is 13.2 Å². The molecule has 1 aliphatic carbocycles. The predicted molar refractivity (Wildman–Crippen MR) is 99.6 cm³/mol. The Bertz CT molecular complexity index is 703. The lowest BCUT2D eigenvalue weighted by Gasteiger charge is -2.17. The first-order valence-corrected chi connectivity index (χ1v) is 10.1. The number of carbonyl (C=O) groups excluding carboxylic acids is 1. The third kappa shape index (κ3) is 5.41. The summed E-state index contributed by atoms with van der Waals surface area (Å²) < 4.78 is 27.3. The lowest BCUT2D eigenvalue weighted by molar-refractivity contribution is -0.121. The topological polar surface area (TPSA) is 87.3 Å². The summed E-state index contributed by atoms with van der Waals surface area (Å²) in [6.07, 6.45) is 5.33. The smallest absolute Gasteiger partial charge is 0.240 e. The van der Waals surface area contributed by atoms with Crippen molar-refractivity contribution < 1.29 is 13.2 Å². The van der Waals surface area contributed by atoms with Gasteiger partial charge in [0.1, 0.15) is 0 Å². The highest BCUT2D eigenvalue weighted by Gasteiger charge is 2.19. The van der Waals surface area contributed by atoms with Crippen molar-refractivity contribution in [2.75, 3.05) is 19.6 Å². The van der Waals surface area contributed by atoms with Crippen molar-refractivity contribution in [1.29, 1.82) is 0 Å². The molecule has 0 aromatic heterocycles. The van der Waals surface area contributed by atoms with Crippen molar-refractivity contribution in [3.05, 3.63) is 29.3 Å². The van der Waals surface area contributed by atoms with Crippen molar-refractivity contribution in [2.24, 2.45) is 0 Å². The predicted octanol–water partition coefficient (Wildman–Crippen LogP) is 1.13. The molecule has 1 amide bonds. The van der Waals surface area contributed by atoms with Crippen LogP contribution in [0.15, 0.2) is 23.1 Å². The first-order valence-electron chi connectivity index (χ1n) is 8.66. The molecule has 2 aliphatic rings. The second-order valence-corrected chi connectivity index (χ2v) is 8.31. The number of hydrogen-bond acceptors (Lipinski definition) is 4. The summed E-state index contributed by atoms with van der Waals surface area (Å²) >= 11 is 0. The molecule has 1 fully saturated rings. The molecule has 3 rings (SSSR count). The molecule has 1 aromatic rings. The molecular weight excluding hydrogens is 362 g/mol. The molecule has 1 aromatic carbocycles. The quantitative estimate of drug-likeness (QED) is 0.683. The van der Waals surface area contributed by atoms with Crippen LogP contribution in [0.3, 0.4) is 0 Å². The van der Waals surface area contributed by atoms with Crippen LogP contribution >= 0.6 is 12.4 Å². The van der Waals surface area contributed by atoms with E-state index in [1.807, 2.05) is 6.07 Å². The molecule has 0 spiro atoms. The Morgan fingerprint density at radius 1 is 1.20 bits per heavy atom. The number of nitrogens with one attached hydrogen (secondary N) is 3. The molecule has 0 bridgehead atoms. The van der Waals surface area contributed by atoms with Gasteiger partial charge in [-0.1, -0.05) is 6.07 Å². The number of rotatable bonds is 6. The number of hydrogen-bond donors (Lipinski definition) is 3. The van der Waals surface area contributed by atoms with Crippen LogP contribution in [0.5, 0.6) is 0 Å². The van der Waals surface area contributed by atoms with Gasteiger partial charge >= 0.3 is 0 Å². The van der Waals surface area contributed by atoms with Crippen LogP contribution in [-0.2, 0) is 27.7 Å². The zero-order valence-corrected chi connectivity index (χ0v) is 15.8. The average Bonchev–Trinajstić information content (AvgIpc) is 3.07. The van der Waals surface area contributed by atoms with Gasteiger partial charge < -0.3 is 10.6 Å². The monoisotopic (exact) mass is 387 g/mol. The molecule has 3 N–H and O–H groups in total. The Labute approximate surface area is 155 Å². The molecule has 8 heteroatoms. The van der Waals surface area contributed by atoms with Crippen LogP contribution in [0.4, 0.5) is 0 Å². The average molecular weight is 388 g/mol. The zero-order valence-electron chi connectivity index (χ0n) is 14.2. The second-order valence-electron chi connectivity index (χ2n) is 6.54. The largest absolute Gasteiger partial charge is 0.352 e. The fourth-order valence-electron chi connectivity index (χ4n) is 3.34. The number of amides is 1. The Kier molecular flexibility index (Phi) is 7.25. The van der Waals surface area contributed by atoms with Crippen molar-refractivity contribution >= 4 is 28.3 Å². The van der Waals surface area contributed by atoms with E-state index in [0.29, 0.717) is 4.90 Å². The van der Waals surface area contributed by atoms with Crippen molar-refractivity contribution in [1.82, 2.24) is 15.4 Å². The van der Waals surface area contributed by atoms with Gasteiger partial charge in [0, 0.05) is 25.6 Å². The van der Waals surface area contributed by atoms with E-state index in [1.54, 1.807) is 12.1 Å². The Morgan fingerprint density at radius 2 is 1.96 bits per heavy atom. The first kappa shape index (κ1) is 20.2. The van der Waals surface area contributed by atoms with E-state index in [4.69, 9.17) is 0 Å². The lowest BCUT2D eigenvalue weighted by Crippen LogP contribution is -2.38. The molecule has 1 saturated heterocycles. The molecule has 1 heterocycles. The molecule has 0 saturated carbocycles. The van der Waals surface area contributed by atoms with E-state index in [-0.39, 0.29) is 37.3 Å². The minimum absolute atomic E-state index is 0. The number of carbonyl (C=O) groups is 1. The van der Waals surface area contributed by atoms with Crippen molar-refractivity contribution in [3.8, 4) is 0 Å². The van der Waals surface area contributed by atoms with Crippen LogP contribution in [0.2, 0.25) is 0 Å². The van der Waals surface area contributed by atoms with Gasteiger partial charge in [-0.15, -0.1) is 12.4 Å². The minimum atomic E-state index is -3.56. The lowest BCUT2D eigenvalue weighted by atomic mass is 9.92. The maximum Gasteiger partial charge on any atom is 0.240 e. The molecule has 6 nitrogen and oxygen atoms in total. The molecule has 25 heavy (non-hydrogen) atoms. The first-order chi connectivity index (χ1) is 11.5. The Hall–Kier alpha value is -1.15. The summed E-state index contributed by atoms with van der Waals surface area (Å²) in [6, 6.07) is 5.52. The van der Waals surface area contributed by atoms with Crippen LogP contribution in [0.25, 0.3) is 0 Å². The molecule has 1 atom stereocenters. The Morgan fingerprint density at radius 3 is 2.68 bits per heavy atom. The van der Waals surface area contributed by atoms with E-state index < -0.39 is 10.0 Å². The van der Waals surface area contributed by atoms with E-state index in [0.717, 1.165) is 44.3 Å². The zero-order chi connectivity index (χ0) is 17.0. The summed E-state index contributed by atoms with van der Waals surface area (Å²) in [5, 5.41) is 6.09. The fraction of sp³-hybridized carbons (Fsp3) is 0.588. The van der Waals surface area contributed by atoms with Crippen LogP contribution in [0, 0.1) is 0 Å². The number of fused-ring (bicyclic) bond motifs is 1. The van der Waals surface area contributed by atoms with Crippen LogP contribution < -0.4 is 15.4 Å². The van der Waals surface area contributed by atoms with Crippen molar-refractivity contribution in [2.45, 2.75) is 49.5 Å². The maximum atomic E-state index is 12.4. The second kappa shape index (κ2) is 8.98. The standard InChI is InChI=1S/C17H25N3O3S.ClH/c21-17(20-15-7-9-18-12-15)8-10-19-24(22,23)16-6-5-13-3-1-2-4-14(13)11-16;/h5-6,11,15,18-19H,1-4,7-10,12H2,(H,20,21);1H. The van der Waals surface area contributed by atoms with Gasteiger partial charge in [0.2, 0.25) is 15.9 Å². The number of halogens is 1. The molecule has 1 unspecified atom stereocenters. The van der Waals surface area contributed by atoms with Gasteiger partial charge in [-0.2, -0.15) is 0 Å². The molecular formula is C17H26ClN3O3S. The third-order valence-electron chi connectivity index (χ3n) is 4.70. The van der Waals surface area contributed by atoms with Gasteiger partial charge in [-0.25, -0.2) is 13.1 Å². The summed E-state index contributed by atoms with van der Waals surface area (Å²) in [7, 11) is -3.56. The maximum absolute atomic E-state index is 12.4. The highest BCUT2D eigenvalue weighted by molar-refractivity contribution is 7.89. The summed E-state index contributed by atoms with van der Waals surface area (Å²) in [5.41, 5.74) is 2.39. The Balaban J connectivity index is 0.00000225. The van der Waals surface area contributed by atoms with Gasteiger partial charge in [0.05, 0.1) is 4.90 Å². The van der Waals surface area contributed by atoms with E-state index in [2.05, 4.69) is 15.4 Å². The number of sulfonamides is 1. The number of aryl methyl sites for hydroxylation is 2. The summed E-state index contributed by atoms with van der Waals surface area (Å²) in [5.74, 6) is -0.114. The minimum Gasteiger partial charge on any atom is -0.352 e. The van der Waals surface area contributed by atoms with Gasteiger partial charge in [-0.3, -0.25) is 4.79 Å².